The van der Waals surface area contributed by atoms with E-state index >= 15 is 0 Å². The number of rotatable bonds is 6. The standard InChI is InChI=1S/C29H28N4O5/c1-29(2,3)38-26(34)16-24(27(35)33-25-15-9-8-14-23(25)31-32-33)30-28(36)37-17-22-20-12-6-4-10-18(20)19-11-5-7-13-21(19)22/h4-15,22,24H,16-17H2,1-3H3,(H,30,36). The molecule has 1 unspecified atom stereocenters. The van der Waals surface area contributed by atoms with Crippen LogP contribution in [0, 0.1) is 0 Å². The lowest BCUT2D eigenvalue weighted by Gasteiger charge is -2.22. The maximum atomic E-state index is 13.4. The topological polar surface area (TPSA) is 112 Å². The van der Waals surface area contributed by atoms with Gasteiger partial charge in [-0.3, -0.25) is 9.59 Å². The van der Waals surface area contributed by atoms with Crippen LogP contribution in [0.15, 0.2) is 72.8 Å². The molecule has 9 nitrogen and oxygen atoms in total. The zero-order valence-corrected chi connectivity index (χ0v) is 21.4. The molecule has 0 bridgehead atoms. The third kappa shape index (κ3) is 5.13. The third-order valence-electron chi connectivity index (χ3n) is 6.29. The van der Waals surface area contributed by atoms with Crippen molar-refractivity contribution in [2.75, 3.05) is 6.61 Å². The number of nitrogens with zero attached hydrogens (tertiary/aromatic N) is 3. The van der Waals surface area contributed by atoms with Gasteiger partial charge in [-0.25, -0.2) is 4.79 Å². The lowest BCUT2D eigenvalue weighted by atomic mass is 9.98. The summed E-state index contributed by atoms with van der Waals surface area (Å²) in [5.74, 6) is -1.41. The number of nitrogens with one attached hydrogen (secondary N) is 1. The van der Waals surface area contributed by atoms with E-state index in [0.717, 1.165) is 26.9 Å². The largest absolute Gasteiger partial charge is 0.460 e. The number of carbonyl (C=O) groups excluding carboxylic acids is 3. The quantitative estimate of drug-likeness (QED) is 0.372. The van der Waals surface area contributed by atoms with Crippen LogP contribution in [0.2, 0.25) is 0 Å². The first-order valence-electron chi connectivity index (χ1n) is 12.4. The molecule has 1 atom stereocenters. The highest BCUT2D eigenvalue weighted by Gasteiger charge is 2.32. The lowest BCUT2D eigenvalue weighted by Crippen LogP contribution is -2.46. The number of alkyl carbamates (subject to hydrolysis) is 1. The molecule has 194 valence electrons. The van der Waals surface area contributed by atoms with E-state index in [2.05, 4.69) is 15.6 Å². The van der Waals surface area contributed by atoms with Crippen LogP contribution < -0.4 is 5.32 Å². The molecule has 1 heterocycles. The number of amides is 1. The zero-order valence-electron chi connectivity index (χ0n) is 21.4. The van der Waals surface area contributed by atoms with Gasteiger partial charge in [0.2, 0.25) is 0 Å². The van der Waals surface area contributed by atoms with Crippen LogP contribution >= 0.6 is 0 Å². The van der Waals surface area contributed by atoms with E-state index in [1.165, 1.54) is 0 Å². The summed E-state index contributed by atoms with van der Waals surface area (Å²) < 4.78 is 12.1. The minimum Gasteiger partial charge on any atom is -0.460 e. The Hall–Kier alpha value is -4.53. The minimum atomic E-state index is -1.27. The van der Waals surface area contributed by atoms with E-state index in [-0.39, 0.29) is 12.5 Å². The van der Waals surface area contributed by atoms with Gasteiger partial charge in [0.05, 0.1) is 11.9 Å². The second-order valence-corrected chi connectivity index (χ2v) is 10.1. The van der Waals surface area contributed by atoms with Gasteiger partial charge < -0.3 is 14.8 Å². The summed E-state index contributed by atoms with van der Waals surface area (Å²) in [4.78, 5) is 39.0. The van der Waals surface area contributed by atoms with Crippen molar-refractivity contribution in [3.63, 3.8) is 0 Å². The summed E-state index contributed by atoms with van der Waals surface area (Å²) in [6.07, 6.45) is -1.22. The molecule has 0 saturated heterocycles. The van der Waals surface area contributed by atoms with Crippen LogP contribution in [0.3, 0.4) is 0 Å². The Kier molecular flexibility index (Phi) is 6.67. The fourth-order valence-electron chi connectivity index (χ4n) is 4.71. The maximum Gasteiger partial charge on any atom is 0.407 e. The summed E-state index contributed by atoms with van der Waals surface area (Å²) in [6.45, 7) is 5.25. The summed E-state index contributed by atoms with van der Waals surface area (Å²) in [6, 6.07) is 21.7. The fourth-order valence-corrected chi connectivity index (χ4v) is 4.71. The molecule has 0 fully saturated rings. The molecular formula is C29H28N4O5. The second kappa shape index (κ2) is 10.1. The predicted octanol–water partition coefficient (Wildman–Crippen LogP) is 4.71. The van der Waals surface area contributed by atoms with Gasteiger partial charge in [0.15, 0.2) is 0 Å². The average Bonchev–Trinajstić information content (AvgIpc) is 3.45. The van der Waals surface area contributed by atoms with Gasteiger partial charge >= 0.3 is 12.1 Å². The van der Waals surface area contributed by atoms with Crippen LogP contribution in [-0.2, 0) is 14.3 Å². The van der Waals surface area contributed by atoms with E-state index < -0.39 is 36.0 Å². The van der Waals surface area contributed by atoms with Crippen molar-refractivity contribution < 1.29 is 23.9 Å². The number of carbonyl (C=O) groups is 3. The van der Waals surface area contributed by atoms with Crippen LogP contribution in [0.1, 0.15) is 49.0 Å². The van der Waals surface area contributed by atoms with Gasteiger partial charge in [-0.15, -0.1) is 5.10 Å². The van der Waals surface area contributed by atoms with Gasteiger partial charge in [0, 0.05) is 5.92 Å². The number of hydrogen-bond acceptors (Lipinski definition) is 7. The van der Waals surface area contributed by atoms with E-state index in [1.807, 2.05) is 48.5 Å². The smallest absolute Gasteiger partial charge is 0.407 e. The van der Waals surface area contributed by atoms with Crippen molar-refractivity contribution in [1.82, 2.24) is 20.3 Å². The van der Waals surface area contributed by atoms with Gasteiger partial charge in [-0.2, -0.15) is 4.68 Å². The number of para-hydroxylation sites is 1. The number of esters is 1. The average molecular weight is 513 g/mol. The van der Waals surface area contributed by atoms with Crippen LogP contribution in [-0.4, -0.2) is 51.2 Å². The number of ether oxygens (including phenoxy) is 2. The van der Waals surface area contributed by atoms with Crippen molar-refractivity contribution in [2.24, 2.45) is 0 Å². The van der Waals surface area contributed by atoms with E-state index in [4.69, 9.17) is 9.47 Å². The van der Waals surface area contributed by atoms with Crippen molar-refractivity contribution >= 4 is 29.0 Å². The Balaban J connectivity index is 1.34. The highest BCUT2D eigenvalue weighted by molar-refractivity contribution is 5.95. The van der Waals surface area contributed by atoms with Crippen LogP contribution in [0.4, 0.5) is 4.79 Å². The van der Waals surface area contributed by atoms with Crippen molar-refractivity contribution in [2.45, 2.75) is 44.8 Å². The summed E-state index contributed by atoms with van der Waals surface area (Å²) in [5.41, 5.74) is 4.56. The van der Waals surface area contributed by atoms with Gasteiger partial charge in [0.1, 0.15) is 23.8 Å². The lowest BCUT2D eigenvalue weighted by molar-refractivity contribution is -0.155. The van der Waals surface area contributed by atoms with Gasteiger partial charge in [-0.1, -0.05) is 65.9 Å². The molecule has 0 spiro atoms. The SMILES string of the molecule is CC(C)(C)OC(=O)CC(NC(=O)OCC1c2ccccc2-c2ccccc21)C(=O)n1nnc2ccccc21. The number of benzene rings is 3. The number of aromatic nitrogens is 3. The molecule has 0 aliphatic heterocycles. The highest BCUT2D eigenvalue weighted by atomic mass is 16.6. The molecule has 1 aliphatic carbocycles. The Bertz CT molecular complexity index is 1480. The predicted molar refractivity (Wildman–Crippen MR) is 141 cm³/mol. The maximum absolute atomic E-state index is 13.4. The van der Waals surface area contributed by atoms with E-state index in [1.54, 1.807) is 45.0 Å². The van der Waals surface area contributed by atoms with Crippen LogP contribution in [0.25, 0.3) is 22.2 Å². The first-order valence-corrected chi connectivity index (χ1v) is 12.4. The molecule has 0 saturated carbocycles. The first kappa shape index (κ1) is 25.1. The summed E-state index contributed by atoms with van der Waals surface area (Å²) >= 11 is 0. The Labute approximate surface area is 219 Å². The number of hydrogen-bond donors (Lipinski definition) is 1. The Morgan fingerprint density at radius 1 is 0.921 bits per heavy atom. The molecule has 1 amide bonds. The van der Waals surface area contributed by atoms with E-state index in [0.29, 0.717) is 11.0 Å². The molecular weight excluding hydrogens is 484 g/mol. The minimum absolute atomic E-state index is 0.0689. The van der Waals surface area contributed by atoms with Crippen molar-refractivity contribution in [3.05, 3.63) is 83.9 Å². The first-order chi connectivity index (χ1) is 18.2. The normalized spacial score (nSPS) is 13.4. The molecule has 1 aromatic heterocycles. The molecule has 3 aromatic carbocycles. The van der Waals surface area contributed by atoms with E-state index in [9.17, 15) is 14.4 Å². The fraction of sp³-hybridized carbons (Fsp3) is 0.276. The Morgan fingerprint density at radius 3 is 2.18 bits per heavy atom. The van der Waals surface area contributed by atoms with Crippen LogP contribution in [0.5, 0.6) is 0 Å². The van der Waals surface area contributed by atoms with Crippen molar-refractivity contribution in [3.8, 4) is 11.1 Å². The summed E-state index contributed by atoms with van der Waals surface area (Å²) in [7, 11) is 0. The highest BCUT2D eigenvalue weighted by Crippen LogP contribution is 2.44. The van der Waals surface area contributed by atoms with Crippen molar-refractivity contribution in [1.29, 1.82) is 0 Å². The van der Waals surface area contributed by atoms with Gasteiger partial charge in [-0.05, 0) is 55.2 Å². The second-order valence-electron chi connectivity index (χ2n) is 10.1. The molecule has 9 heteroatoms. The molecule has 1 aliphatic rings. The zero-order chi connectivity index (χ0) is 26.9. The third-order valence-corrected chi connectivity index (χ3v) is 6.29. The Morgan fingerprint density at radius 2 is 1.53 bits per heavy atom. The van der Waals surface area contributed by atoms with Gasteiger partial charge in [0.25, 0.3) is 5.91 Å². The molecule has 5 rings (SSSR count). The molecule has 38 heavy (non-hydrogen) atoms. The summed E-state index contributed by atoms with van der Waals surface area (Å²) in [5, 5.41) is 10.5. The molecule has 4 aromatic rings. The molecule has 1 N–H and O–H groups in total. The number of fused-ring (bicyclic) bond motifs is 4. The monoisotopic (exact) mass is 512 g/mol. The molecule has 0 radical (unpaired) electrons.